The predicted molar refractivity (Wildman–Crippen MR) is 77.2 cm³/mol. The summed E-state index contributed by atoms with van der Waals surface area (Å²) in [6.07, 6.45) is 1.78. The minimum atomic E-state index is -3.47. The van der Waals surface area contributed by atoms with Crippen molar-refractivity contribution in [2.45, 2.75) is 51.5 Å². The van der Waals surface area contributed by atoms with Gasteiger partial charge >= 0.3 is 0 Å². The Bertz CT molecular complexity index is 538. The first-order valence-corrected chi connectivity index (χ1v) is 7.97. The Labute approximate surface area is 116 Å². The maximum atomic E-state index is 12.3. The Hall–Kier alpha value is -1.07. The molecule has 1 atom stereocenters. The largest absolute Gasteiger partial charge is 0.496 e. The normalized spacial score (nSPS) is 13.3. The summed E-state index contributed by atoms with van der Waals surface area (Å²) in [6, 6.07) is 3.36. The van der Waals surface area contributed by atoms with Gasteiger partial charge in [-0.25, -0.2) is 13.1 Å². The minimum absolute atomic E-state index is 0.0585. The third-order valence-corrected chi connectivity index (χ3v) is 4.79. The van der Waals surface area contributed by atoms with Crippen LogP contribution < -0.4 is 9.46 Å². The summed E-state index contributed by atoms with van der Waals surface area (Å²) in [5.41, 5.74) is 1.51. The molecule has 19 heavy (non-hydrogen) atoms. The van der Waals surface area contributed by atoms with Gasteiger partial charge in [-0.05, 0) is 50.5 Å². The van der Waals surface area contributed by atoms with Crippen LogP contribution in [0.3, 0.4) is 0 Å². The van der Waals surface area contributed by atoms with Gasteiger partial charge in [0.1, 0.15) is 5.75 Å². The zero-order chi connectivity index (χ0) is 14.6. The van der Waals surface area contributed by atoms with Crippen molar-refractivity contribution in [1.82, 2.24) is 4.72 Å². The second kappa shape index (κ2) is 6.39. The molecular formula is C14H23NO3S. The molecule has 0 aliphatic carbocycles. The second-order valence-electron chi connectivity index (χ2n) is 4.90. The van der Waals surface area contributed by atoms with E-state index < -0.39 is 10.0 Å². The monoisotopic (exact) mass is 285 g/mol. The highest BCUT2D eigenvalue weighted by atomic mass is 32.2. The van der Waals surface area contributed by atoms with Gasteiger partial charge in [-0.1, -0.05) is 13.3 Å². The summed E-state index contributed by atoms with van der Waals surface area (Å²) in [5, 5.41) is 0. The fourth-order valence-electron chi connectivity index (χ4n) is 2.09. The third kappa shape index (κ3) is 3.94. The van der Waals surface area contributed by atoms with E-state index in [1.54, 1.807) is 26.2 Å². The van der Waals surface area contributed by atoms with Crippen LogP contribution in [0.25, 0.3) is 0 Å². The summed E-state index contributed by atoms with van der Waals surface area (Å²) in [6.45, 7) is 7.54. The number of methoxy groups -OCH3 is 1. The van der Waals surface area contributed by atoms with Crippen molar-refractivity contribution in [3.63, 3.8) is 0 Å². The lowest BCUT2D eigenvalue weighted by Crippen LogP contribution is -2.32. The molecule has 0 amide bonds. The molecule has 1 aromatic rings. The number of ether oxygens (including phenoxy) is 1. The minimum Gasteiger partial charge on any atom is -0.496 e. The Morgan fingerprint density at radius 2 is 1.89 bits per heavy atom. The van der Waals surface area contributed by atoms with E-state index in [1.165, 1.54) is 0 Å². The first-order valence-electron chi connectivity index (χ1n) is 6.49. The molecule has 0 aromatic heterocycles. The Morgan fingerprint density at radius 1 is 1.26 bits per heavy atom. The van der Waals surface area contributed by atoms with Crippen LogP contribution in [0.15, 0.2) is 17.0 Å². The molecule has 0 bridgehead atoms. The van der Waals surface area contributed by atoms with Crippen molar-refractivity contribution in [3.05, 3.63) is 23.3 Å². The molecule has 1 unspecified atom stereocenters. The highest BCUT2D eigenvalue weighted by molar-refractivity contribution is 7.89. The summed E-state index contributed by atoms with van der Waals surface area (Å²) in [5.74, 6) is 0.707. The van der Waals surface area contributed by atoms with Crippen LogP contribution in [0.2, 0.25) is 0 Å². The van der Waals surface area contributed by atoms with Crippen molar-refractivity contribution in [1.29, 1.82) is 0 Å². The predicted octanol–water partition coefficient (Wildman–Crippen LogP) is 2.78. The molecule has 5 heteroatoms. The second-order valence-corrected chi connectivity index (χ2v) is 6.58. The average Bonchev–Trinajstić information content (AvgIpc) is 2.30. The number of sulfonamides is 1. The standard InChI is InChI=1S/C14H23NO3S/c1-6-7-12(4)15-19(16,17)14-9-10(2)13(18-5)8-11(14)3/h8-9,12,15H,6-7H2,1-5H3. The van der Waals surface area contributed by atoms with Gasteiger partial charge in [0.05, 0.1) is 12.0 Å². The molecule has 0 aliphatic heterocycles. The maximum absolute atomic E-state index is 12.3. The zero-order valence-electron chi connectivity index (χ0n) is 12.3. The molecule has 4 nitrogen and oxygen atoms in total. The van der Waals surface area contributed by atoms with E-state index in [9.17, 15) is 8.42 Å². The summed E-state index contributed by atoms with van der Waals surface area (Å²) >= 11 is 0. The molecule has 0 aliphatic rings. The fourth-order valence-corrected chi connectivity index (χ4v) is 3.68. The van der Waals surface area contributed by atoms with Crippen molar-refractivity contribution in [3.8, 4) is 5.75 Å². The summed E-state index contributed by atoms with van der Waals surface area (Å²) in [7, 11) is -1.88. The molecular weight excluding hydrogens is 262 g/mol. The highest BCUT2D eigenvalue weighted by Crippen LogP contribution is 2.25. The third-order valence-electron chi connectivity index (χ3n) is 3.06. The molecule has 0 saturated carbocycles. The van der Waals surface area contributed by atoms with Crippen LogP contribution >= 0.6 is 0 Å². The smallest absolute Gasteiger partial charge is 0.241 e. The van der Waals surface area contributed by atoms with Gasteiger partial charge in [-0.2, -0.15) is 0 Å². The molecule has 0 heterocycles. The van der Waals surface area contributed by atoms with Gasteiger partial charge in [-0.3, -0.25) is 0 Å². The van der Waals surface area contributed by atoms with Crippen LogP contribution in [-0.2, 0) is 10.0 Å². The summed E-state index contributed by atoms with van der Waals surface area (Å²) < 4.78 is 32.6. The van der Waals surface area contributed by atoms with E-state index in [0.29, 0.717) is 16.2 Å². The van der Waals surface area contributed by atoms with Crippen molar-refractivity contribution >= 4 is 10.0 Å². The van der Waals surface area contributed by atoms with Gasteiger partial charge in [-0.15, -0.1) is 0 Å². The van der Waals surface area contributed by atoms with Crippen LogP contribution in [0.5, 0.6) is 5.75 Å². The molecule has 0 fully saturated rings. The number of rotatable bonds is 6. The lowest BCUT2D eigenvalue weighted by atomic mass is 10.1. The summed E-state index contributed by atoms with van der Waals surface area (Å²) in [4.78, 5) is 0.328. The topological polar surface area (TPSA) is 55.4 Å². The maximum Gasteiger partial charge on any atom is 0.241 e. The fraction of sp³-hybridized carbons (Fsp3) is 0.571. The van der Waals surface area contributed by atoms with E-state index in [1.807, 2.05) is 20.8 Å². The molecule has 108 valence electrons. The van der Waals surface area contributed by atoms with Gasteiger partial charge in [0.2, 0.25) is 10.0 Å². The molecule has 0 spiro atoms. The van der Waals surface area contributed by atoms with Gasteiger partial charge in [0.25, 0.3) is 0 Å². The average molecular weight is 285 g/mol. The SMILES string of the molecule is CCCC(C)NS(=O)(=O)c1cc(C)c(OC)cc1C. The van der Waals surface area contributed by atoms with Crippen LogP contribution in [-0.4, -0.2) is 21.6 Å². The van der Waals surface area contributed by atoms with Crippen molar-refractivity contribution in [2.75, 3.05) is 7.11 Å². The Morgan fingerprint density at radius 3 is 2.42 bits per heavy atom. The number of benzene rings is 1. The molecule has 0 radical (unpaired) electrons. The Balaban J connectivity index is 3.11. The first kappa shape index (κ1) is 16.0. The molecule has 1 aromatic carbocycles. The lowest BCUT2D eigenvalue weighted by molar-refractivity contribution is 0.411. The van der Waals surface area contributed by atoms with Crippen molar-refractivity contribution < 1.29 is 13.2 Å². The van der Waals surface area contributed by atoms with Gasteiger partial charge < -0.3 is 4.74 Å². The van der Waals surface area contributed by atoms with Crippen molar-refractivity contribution in [2.24, 2.45) is 0 Å². The lowest BCUT2D eigenvalue weighted by Gasteiger charge is -2.16. The quantitative estimate of drug-likeness (QED) is 0.874. The van der Waals surface area contributed by atoms with Crippen LogP contribution in [0.4, 0.5) is 0 Å². The van der Waals surface area contributed by atoms with Crippen LogP contribution in [0, 0.1) is 13.8 Å². The number of nitrogens with one attached hydrogen (secondary N) is 1. The molecule has 1 N–H and O–H groups in total. The molecule has 1 rings (SSSR count). The van der Waals surface area contributed by atoms with Crippen LogP contribution in [0.1, 0.15) is 37.8 Å². The first-order chi connectivity index (χ1) is 8.81. The number of hydrogen-bond donors (Lipinski definition) is 1. The van der Waals surface area contributed by atoms with E-state index in [0.717, 1.165) is 18.4 Å². The van der Waals surface area contributed by atoms with Gasteiger partial charge in [0, 0.05) is 6.04 Å². The number of hydrogen-bond acceptors (Lipinski definition) is 3. The van der Waals surface area contributed by atoms with E-state index >= 15 is 0 Å². The van der Waals surface area contributed by atoms with E-state index in [2.05, 4.69) is 4.72 Å². The highest BCUT2D eigenvalue weighted by Gasteiger charge is 2.20. The Kier molecular flexibility index (Phi) is 5.38. The zero-order valence-corrected chi connectivity index (χ0v) is 13.1. The van der Waals surface area contributed by atoms with E-state index in [-0.39, 0.29) is 6.04 Å². The number of aryl methyl sites for hydroxylation is 2. The van der Waals surface area contributed by atoms with Gasteiger partial charge in [0.15, 0.2) is 0 Å². The van der Waals surface area contributed by atoms with E-state index in [4.69, 9.17) is 4.74 Å². The molecule has 0 saturated heterocycles.